The molecule has 0 aromatic heterocycles. The van der Waals surface area contributed by atoms with Gasteiger partial charge in [0.05, 0.1) is 0 Å². The van der Waals surface area contributed by atoms with Gasteiger partial charge in [-0.1, -0.05) is 72.3 Å². The van der Waals surface area contributed by atoms with Crippen LogP contribution in [0.4, 0.5) is 11.4 Å². The van der Waals surface area contributed by atoms with E-state index in [1.165, 1.54) is 23.5 Å². The SMILES string of the molecule is Cc1ccccc1NC(=S)SC1=NN2C(=S)N(c3ccccc3C)C(c3ccc(Cl)cc3)N=C2S1. The zero-order valence-electron chi connectivity index (χ0n) is 18.8. The van der Waals surface area contributed by atoms with E-state index in [1.807, 2.05) is 72.5 Å². The summed E-state index contributed by atoms with van der Waals surface area (Å²) >= 11 is 20.6. The summed E-state index contributed by atoms with van der Waals surface area (Å²) in [6.07, 6.45) is -0.337. The summed E-state index contributed by atoms with van der Waals surface area (Å²) in [5.41, 5.74) is 5.18. The Morgan fingerprint density at radius 1 is 1.00 bits per heavy atom. The third kappa shape index (κ3) is 5.10. The minimum atomic E-state index is -0.337. The molecule has 1 N–H and O–H groups in total. The van der Waals surface area contributed by atoms with Gasteiger partial charge < -0.3 is 5.32 Å². The minimum absolute atomic E-state index is 0.337. The van der Waals surface area contributed by atoms with Crippen LogP contribution in [0.5, 0.6) is 0 Å². The molecular formula is C25H20ClN5S4. The van der Waals surface area contributed by atoms with Crippen LogP contribution in [-0.4, -0.2) is 24.0 Å². The van der Waals surface area contributed by atoms with Gasteiger partial charge in [0.25, 0.3) is 0 Å². The van der Waals surface area contributed by atoms with E-state index in [1.54, 1.807) is 5.01 Å². The number of nitrogens with one attached hydrogen (secondary N) is 1. The highest BCUT2D eigenvalue weighted by Gasteiger charge is 2.39. The summed E-state index contributed by atoms with van der Waals surface area (Å²) in [5.74, 6) is 0. The van der Waals surface area contributed by atoms with Gasteiger partial charge in [0.1, 0.15) is 4.32 Å². The molecule has 10 heteroatoms. The van der Waals surface area contributed by atoms with E-state index in [0.29, 0.717) is 14.5 Å². The smallest absolute Gasteiger partial charge is 0.205 e. The molecule has 5 nitrogen and oxygen atoms in total. The number of thiocarbonyl (C=S) groups is 2. The van der Waals surface area contributed by atoms with E-state index in [0.717, 1.165) is 37.6 Å². The monoisotopic (exact) mass is 553 g/mol. The van der Waals surface area contributed by atoms with Gasteiger partial charge in [-0.25, -0.2) is 4.99 Å². The van der Waals surface area contributed by atoms with Gasteiger partial charge in [0, 0.05) is 16.4 Å². The minimum Gasteiger partial charge on any atom is -0.341 e. The van der Waals surface area contributed by atoms with E-state index in [9.17, 15) is 0 Å². The van der Waals surface area contributed by atoms with Crippen LogP contribution in [0.2, 0.25) is 5.02 Å². The van der Waals surface area contributed by atoms with Crippen molar-refractivity contribution in [3.8, 4) is 0 Å². The van der Waals surface area contributed by atoms with Crippen molar-refractivity contribution in [2.45, 2.75) is 20.0 Å². The Morgan fingerprint density at radius 2 is 1.69 bits per heavy atom. The van der Waals surface area contributed by atoms with E-state index in [-0.39, 0.29) is 6.17 Å². The second kappa shape index (κ2) is 10.3. The molecular weight excluding hydrogens is 534 g/mol. The largest absolute Gasteiger partial charge is 0.341 e. The first-order valence-corrected chi connectivity index (χ1v) is 13.6. The number of aliphatic imine (C=N–C) groups is 1. The van der Waals surface area contributed by atoms with Crippen LogP contribution in [0.15, 0.2) is 82.9 Å². The average Bonchev–Trinajstić information content (AvgIpc) is 3.24. The van der Waals surface area contributed by atoms with Gasteiger partial charge in [-0.05, 0) is 90.5 Å². The molecule has 0 fully saturated rings. The van der Waals surface area contributed by atoms with E-state index in [2.05, 4.69) is 24.4 Å². The summed E-state index contributed by atoms with van der Waals surface area (Å²) < 4.78 is 1.38. The summed E-state index contributed by atoms with van der Waals surface area (Å²) in [7, 11) is 0. The molecule has 0 bridgehead atoms. The van der Waals surface area contributed by atoms with Gasteiger partial charge in [-0.15, -0.1) is 5.10 Å². The number of rotatable bonds is 3. The third-order valence-electron chi connectivity index (χ3n) is 5.51. The van der Waals surface area contributed by atoms with Crippen molar-refractivity contribution < 1.29 is 0 Å². The first-order valence-electron chi connectivity index (χ1n) is 10.7. The number of thioether (sulfide) groups is 2. The molecule has 0 amide bonds. The first kappa shape index (κ1) is 24.3. The molecule has 0 saturated heterocycles. The number of hydrogen-bond donors (Lipinski definition) is 1. The molecule has 0 spiro atoms. The predicted octanol–water partition coefficient (Wildman–Crippen LogP) is 7.57. The Labute approximate surface area is 228 Å². The van der Waals surface area contributed by atoms with Crippen LogP contribution in [0, 0.1) is 13.8 Å². The Bertz CT molecular complexity index is 1370. The summed E-state index contributed by atoms with van der Waals surface area (Å²) in [6.45, 7) is 4.11. The highest BCUT2D eigenvalue weighted by atomic mass is 35.5. The van der Waals surface area contributed by atoms with E-state index >= 15 is 0 Å². The fraction of sp³-hybridized carbons (Fsp3) is 0.120. The molecule has 3 aromatic rings. The number of aryl methyl sites for hydroxylation is 2. The number of nitrogens with zero attached hydrogens (tertiary/aromatic N) is 4. The van der Waals surface area contributed by atoms with Crippen molar-refractivity contribution in [3.63, 3.8) is 0 Å². The zero-order chi connectivity index (χ0) is 24.5. The maximum Gasteiger partial charge on any atom is 0.205 e. The van der Waals surface area contributed by atoms with Crippen molar-refractivity contribution in [2.24, 2.45) is 10.1 Å². The summed E-state index contributed by atoms with van der Waals surface area (Å²) in [4.78, 5) is 7.10. The van der Waals surface area contributed by atoms with Crippen molar-refractivity contribution in [3.05, 3.63) is 94.5 Å². The number of hydrogen-bond acceptors (Lipinski definition) is 6. The van der Waals surface area contributed by atoms with Crippen LogP contribution in [0.3, 0.4) is 0 Å². The van der Waals surface area contributed by atoms with Gasteiger partial charge >= 0.3 is 0 Å². The van der Waals surface area contributed by atoms with Crippen LogP contribution < -0.4 is 10.2 Å². The van der Waals surface area contributed by atoms with Gasteiger partial charge in [-0.2, -0.15) is 5.01 Å². The lowest BCUT2D eigenvalue weighted by Gasteiger charge is -2.38. The van der Waals surface area contributed by atoms with Gasteiger partial charge in [-0.3, -0.25) is 4.90 Å². The number of benzene rings is 3. The quantitative estimate of drug-likeness (QED) is 0.335. The lowest BCUT2D eigenvalue weighted by molar-refractivity contribution is 0.598. The Morgan fingerprint density at radius 3 is 2.40 bits per heavy atom. The maximum atomic E-state index is 6.16. The fourth-order valence-electron chi connectivity index (χ4n) is 3.74. The van der Waals surface area contributed by atoms with Crippen molar-refractivity contribution in [1.29, 1.82) is 0 Å². The molecule has 2 aliphatic rings. The molecule has 2 aliphatic heterocycles. The number of amidine groups is 1. The molecule has 1 unspecified atom stereocenters. The molecule has 0 radical (unpaired) electrons. The zero-order valence-corrected chi connectivity index (χ0v) is 22.8. The number of halogens is 1. The van der Waals surface area contributed by atoms with Crippen LogP contribution in [-0.2, 0) is 0 Å². The maximum absolute atomic E-state index is 6.16. The molecule has 176 valence electrons. The topological polar surface area (TPSA) is 43.2 Å². The van der Waals surface area contributed by atoms with Crippen LogP contribution in [0.1, 0.15) is 22.9 Å². The highest BCUT2D eigenvalue weighted by molar-refractivity contribution is 8.52. The molecule has 1 atom stereocenters. The highest BCUT2D eigenvalue weighted by Crippen LogP contribution is 2.40. The summed E-state index contributed by atoms with van der Waals surface area (Å²) in [6, 6.07) is 23.9. The lowest BCUT2D eigenvalue weighted by Crippen LogP contribution is -2.47. The number of para-hydroxylation sites is 2. The molecule has 2 heterocycles. The molecule has 0 aliphatic carbocycles. The molecule has 3 aromatic carbocycles. The fourth-order valence-corrected chi connectivity index (χ4v) is 6.48. The number of fused-ring (bicyclic) bond motifs is 1. The van der Waals surface area contributed by atoms with Crippen LogP contribution >= 0.6 is 59.6 Å². The second-order valence-electron chi connectivity index (χ2n) is 7.89. The lowest BCUT2D eigenvalue weighted by atomic mass is 10.1. The average molecular weight is 554 g/mol. The number of hydrazone groups is 1. The Hall–Kier alpha value is -2.43. The predicted molar refractivity (Wildman–Crippen MR) is 160 cm³/mol. The van der Waals surface area contributed by atoms with Crippen molar-refractivity contribution >= 4 is 89.9 Å². The summed E-state index contributed by atoms with van der Waals surface area (Å²) in [5, 5.41) is 11.7. The normalized spacial score (nSPS) is 17.1. The van der Waals surface area contributed by atoms with Gasteiger partial charge in [0.2, 0.25) is 5.11 Å². The van der Waals surface area contributed by atoms with Gasteiger partial charge in [0.15, 0.2) is 15.7 Å². The first-order chi connectivity index (χ1) is 16.9. The van der Waals surface area contributed by atoms with E-state index < -0.39 is 0 Å². The molecule has 5 rings (SSSR count). The number of anilines is 2. The molecule has 0 saturated carbocycles. The van der Waals surface area contributed by atoms with Crippen molar-refractivity contribution in [2.75, 3.05) is 10.2 Å². The standard InChI is InChI=1S/C25H20ClN5S4/c1-15-7-3-5-9-19(15)27-23(32)35-24-29-31-22(34-24)28-21(17-11-13-18(26)14-12-17)30(25(31)33)20-10-6-4-8-16(20)2/h3-14,21H,1-2H3,(H,27,32). The third-order valence-corrected chi connectivity index (χ3v) is 8.25. The molecule has 35 heavy (non-hydrogen) atoms. The second-order valence-corrected chi connectivity index (χ2v) is 11.6. The van der Waals surface area contributed by atoms with E-state index in [4.69, 9.17) is 46.1 Å². The Kier molecular flexibility index (Phi) is 7.13. The van der Waals surface area contributed by atoms with Crippen LogP contribution in [0.25, 0.3) is 0 Å². The Balaban J connectivity index is 1.45. The van der Waals surface area contributed by atoms with Crippen molar-refractivity contribution in [1.82, 2.24) is 5.01 Å².